The Morgan fingerprint density at radius 2 is 1.94 bits per heavy atom. The fourth-order valence-corrected chi connectivity index (χ4v) is 1.91. The smallest absolute Gasteiger partial charge is 0.355 e. The van der Waals surface area contributed by atoms with E-state index in [-0.39, 0.29) is 5.97 Å². The molecule has 0 radical (unpaired) electrons. The number of hydrogen-bond donors (Lipinski definition) is 1. The van der Waals surface area contributed by atoms with Crippen molar-refractivity contribution < 1.29 is 9.53 Å². The third-order valence-electron chi connectivity index (χ3n) is 2.97. The van der Waals surface area contributed by atoms with Crippen molar-refractivity contribution in [2.45, 2.75) is 45.4 Å². The highest BCUT2D eigenvalue weighted by atomic mass is 16.5. The van der Waals surface area contributed by atoms with E-state index >= 15 is 0 Å². The second-order valence-corrected chi connectivity index (χ2v) is 4.67. The number of rotatable bonds is 8. The van der Waals surface area contributed by atoms with Crippen LogP contribution in [0.2, 0.25) is 0 Å². The van der Waals surface area contributed by atoms with Gasteiger partial charge in [0.25, 0.3) is 0 Å². The molecule has 1 aromatic heterocycles. The maximum Gasteiger partial charge on any atom is 0.355 e. The van der Waals surface area contributed by atoms with Gasteiger partial charge in [-0.2, -0.15) is 0 Å². The normalized spacial score (nSPS) is 10.6. The van der Waals surface area contributed by atoms with Crippen LogP contribution in [0.3, 0.4) is 0 Å². The molecule has 0 aliphatic heterocycles. The predicted octanol–water partition coefficient (Wildman–Crippen LogP) is 3.12. The van der Waals surface area contributed by atoms with Crippen LogP contribution < -0.4 is 5.73 Å². The zero-order valence-electron chi connectivity index (χ0n) is 11.4. The van der Waals surface area contributed by atoms with Gasteiger partial charge in [0, 0.05) is 13.2 Å². The number of esters is 1. The highest BCUT2D eigenvalue weighted by Gasteiger charge is 2.11. The zero-order valence-corrected chi connectivity index (χ0v) is 11.4. The second kappa shape index (κ2) is 7.80. The molecule has 0 spiro atoms. The van der Waals surface area contributed by atoms with Crippen molar-refractivity contribution in [3.05, 3.63) is 18.0 Å². The molecule has 0 amide bonds. The highest BCUT2D eigenvalue weighted by Crippen LogP contribution is 2.11. The van der Waals surface area contributed by atoms with Gasteiger partial charge in [0.1, 0.15) is 5.69 Å². The number of carbonyl (C=O) groups excluding carboxylic acids is 1. The third-order valence-corrected chi connectivity index (χ3v) is 2.97. The van der Waals surface area contributed by atoms with E-state index in [1.165, 1.54) is 25.7 Å². The summed E-state index contributed by atoms with van der Waals surface area (Å²) in [6.07, 6.45) is 8.83. The largest absolute Gasteiger partial charge is 0.461 e. The number of nitrogens with zero attached hydrogens (tertiary/aromatic N) is 1. The molecule has 0 fully saturated rings. The SMILES string of the molecule is CCCCCCCCOC(=O)c1cc(N)cn1C. The molecule has 0 aliphatic carbocycles. The van der Waals surface area contributed by atoms with Crippen molar-refractivity contribution in [3.8, 4) is 0 Å². The molecule has 1 heterocycles. The van der Waals surface area contributed by atoms with Crippen molar-refractivity contribution in [2.24, 2.45) is 7.05 Å². The minimum atomic E-state index is -0.289. The van der Waals surface area contributed by atoms with Crippen LogP contribution in [0, 0.1) is 0 Å². The van der Waals surface area contributed by atoms with Crippen LogP contribution in [0.15, 0.2) is 12.3 Å². The summed E-state index contributed by atoms with van der Waals surface area (Å²) in [5.74, 6) is -0.289. The molecule has 0 saturated carbocycles. The molecule has 102 valence electrons. The predicted molar refractivity (Wildman–Crippen MR) is 73.5 cm³/mol. The summed E-state index contributed by atoms with van der Waals surface area (Å²) in [7, 11) is 1.79. The van der Waals surface area contributed by atoms with E-state index in [1.54, 1.807) is 23.9 Å². The Balaban J connectivity index is 2.16. The van der Waals surface area contributed by atoms with Gasteiger partial charge in [-0.3, -0.25) is 0 Å². The summed E-state index contributed by atoms with van der Waals surface area (Å²) in [5.41, 5.74) is 6.71. The van der Waals surface area contributed by atoms with Crippen LogP contribution in [0.1, 0.15) is 55.9 Å². The van der Waals surface area contributed by atoms with Crippen LogP contribution >= 0.6 is 0 Å². The molecule has 0 unspecified atom stereocenters. The zero-order chi connectivity index (χ0) is 13.4. The standard InChI is InChI=1S/C14H24N2O2/c1-3-4-5-6-7-8-9-18-14(17)13-10-12(15)11-16(13)2/h10-11H,3-9,15H2,1-2H3. The minimum Gasteiger partial charge on any atom is -0.461 e. The Morgan fingerprint density at radius 1 is 1.28 bits per heavy atom. The van der Waals surface area contributed by atoms with Crippen LogP contribution in [-0.4, -0.2) is 17.1 Å². The van der Waals surface area contributed by atoms with Crippen molar-refractivity contribution in [2.75, 3.05) is 12.3 Å². The molecule has 1 rings (SSSR count). The molecule has 0 bridgehead atoms. The van der Waals surface area contributed by atoms with Crippen molar-refractivity contribution >= 4 is 11.7 Å². The maximum absolute atomic E-state index is 11.7. The number of aromatic nitrogens is 1. The summed E-state index contributed by atoms with van der Waals surface area (Å²) in [5, 5.41) is 0. The summed E-state index contributed by atoms with van der Waals surface area (Å²) in [4.78, 5) is 11.7. The fourth-order valence-electron chi connectivity index (χ4n) is 1.91. The molecule has 0 aliphatic rings. The maximum atomic E-state index is 11.7. The van der Waals surface area contributed by atoms with E-state index in [1.807, 2.05) is 0 Å². The van der Waals surface area contributed by atoms with E-state index in [9.17, 15) is 4.79 Å². The van der Waals surface area contributed by atoms with Gasteiger partial charge in [-0.05, 0) is 12.5 Å². The van der Waals surface area contributed by atoms with Crippen molar-refractivity contribution in [1.82, 2.24) is 4.57 Å². The lowest BCUT2D eigenvalue weighted by Gasteiger charge is -2.05. The Kier molecular flexibility index (Phi) is 6.33. The first kappa shape index (κ1) is 14.6. The fraction of sp³-hybridized carbons (Fsp3) is 0.643. The van der Waals surface area contributed by atoms with E-state index in [2.05, 4.69) is 6.92 Å². The Hall–Kier alpha value is -1.45. The Morgan fingerprint density at radius 3 is 2.56 bits per heavy atom. The quantitative estimate of drug-likeness (QED) is 0.571. The number of aryl methyl sites for hydroxylation is 1. The van der Waals surface area contributed by atoms with Gasteiger partial charge in [-0.25, -0.2) is 4.79 Å². The molecule has 18 heavy (non-hydrogen) atoms. The van der Waals surface area contributed by atoms with Crippen molar-refractivity contribution in [3.63, 3.8) is 0 Å². The molecule has 4 heteroatoms. The molecular weight excluding hydrogens is 228 g/mol. The number of nitrogen functional groups attached to an aromatic ring is 1. The number of hydrogen-bond acceptors (Lipinski definition) is 3. The molecule has 0 atom stereocenters. The lowest BCUT2D eigenvalue weighted by Crippen LogP contribution is -2.10. The molecule has 0 saturated heterocycles. The lowest BCUT2D eigenvalue weighted by atomic mass is 10.1. The third kappa shape index (κ3) is 4.82. The van der Waals surface area contributed by atoms with Gasteiger partial charge >= 0.3 is 5.97 Å². The summed E-state index contributed by atoms with van der Waals surface area (Å²) < 4.78 is 6.91. The van der Waals surface area contributed by atoms with Gasteiger partial charge in [-0.1, -0.05) is 39.0 Å². The molecule has 2 N–H and O–H groups in total. The van der Waals surface area contributed by atoms with Crippen LogP contribution in [-0.2, 0) is 11.8 Å². The average Bonchev–Trinajstić information content (AvgIpc) is 2.67. The van der Waals surface area contributed by atoms with Crippen molar-refractivity contribution in [1.29, 1.82) is 0 Å². The van der Waals surface area contributed by atoms with E-state index < -0.39 is 0 Å². The van der Waals surface area contributed by atoms with Crippen LogP contribution in [0.25, 0.3) is 0 Å². The molecular formula is C14H24N2O2. The first-order valence-electron chi connectivity index (χ1n) is 6.74. The summed E-state index contributed by atoms with van der Waals surface area (Å²) in [6, 6.07) is 1.64. The lowest BCUT2D eigenvalue weighted by molar-refractivity contribution is 0.0486. The van der Waals surface area contributed by atoms with Gasteiger partial charge in [0.15, 0.2) is 0 Å². The minimum absolute atomic E-state index is 0.289. The number of anilines is 1. The Bertz CT molecular complexity index is 372. The molecule has 1 aromatic rings. The average molecular weight is 252 g/mol. The van der Waals surface area contributed by atoms with Gasteiger partial charge in [0.2, 0.25) is 0 Å². The van der Waals surface area contributed by atoms with Crippen LogP contribution in [0.5, 0.6) is 0 Å². The monoisotopic (exact) mass is 252 g/mol. The van der Waals surface area contributed by atoms with E-state index in [0.717, 1.165) is 12.8 Å². The van der Waals surface area contributed by atoms with Gasteiger partial charge in [0.05, 0.1) is 12.3 Å². The summed E-state index contributed by atoms with van der Waals surface area (Å²) >= 11 is 0. The Labute approximate surface area is 109 Å². The first-order valence-corrected chi connectivity index (χ1v) is 6.74. The summed E-state index contributed by atoms with van der Waals surface area (Å²) in [6.45, 7) is 2.70. The second-order valence-electron chi connectivity index (χ2n) is 4.67. The molecule has 0 aromatic carbocycles. The van der Waals surface area contributed by atoms with Gasteiger partial charge in [-0.15, -0.1) is 0 Å². The first-order chi connectivity index (χ1) is 8.65. The number of ether oxygens (including phenoxy) is 1. The highest BCUT2D eigenvalue weighted by molar-refractivity contribution is 5.89. The van der Waals surface area contributed by atoms with Gasteiger partial charge < -0.3 is 15.0 Å². The van der Waals surface area contributed by atoms with E-state index in [4.69, 9.17) is 10.5 Å². The van der Waals surface area contributed by atoms with Crippen LogP contribution in [0.4, 0.5) is 5.69 Å². The number of nitrogens with two attached hydrogens (primary N) is 1. The topological polar surface area (TPSA) is 57.2 Å². The molecule has 4 nitrogen and oxygen atoms in total. The number of carbonyl (C=O) groups is 1. The van der Waals surface area contributed by atoms with E-state index in [0.29, 0.717) is 18.0 Å². The number of unbranched alkanes of at least 4 members (excludes halogenated alkanes) is 5.